The maximum atomic E-state index is 13.0. The zero-order valence-corrected chi connectivity index (χ0v) is 11.9. The van der Waals surface area contributed by atoms with Crippen LogP contribution in [0.1, 0.15) is 0 Å². The van der Waals surface area contributed by atoms with Crippen molar-refractivity contribution in [1.29, 1.82) is 0 Å². The summed E-state index contributed by atoms with van der Waals surface area (Å²) in [7, 11) is -3.15. The van der Waals surface area contributed by atoms with Crippen LogP contribution in [0, 0.1) is 0 Å². The van der Waals surface area contributed by atoms with Gasteiger partial charge in [0.2, 0.25) is 19.4 Å². The van der Waals surface area contributed by atoms with E-state index in [1.165, 1.54) is 0 Å². The largest absolute Gasteiger partial charge is 0.460 e. The Morgan fingerprint density at radius 3 is 1.40 bits per heavy atom. The Morgan fingerprint density at radius 1 is 0.800 bits per heavy atom. The summed E-state index contributed by atoms with van der Waals surface area (Å²) in [5.41, 5.74) is 0. The Labute approximate surface area is 111 Å². The highest BCUT2D eigenvalue weighted by Gasteiger charge is 2.84. The maximum absolute atomic E-state index is 13.0. The number of rotatable bonds is 5. The third-order valence-corrected chi connectivity index (χ3v) is 4.93. The SMILES string of the molecule is C[Si](C)(C)OS(=O)C(F)(F)C(F)(F)C(F)(F)C(F)(F)F. The van der Waals surface area contributed by atoms with E-state index in [9.17, 15) is 43.7 Å². The molecule has 1 atom stereocenters. The van der Waals surface area contributed by atoms with Crippen LogP contribution in [0.2, 0.25) is 19.6 Å². The van der Waals surface area contributed by atoms with Gasteiger partial charge in [-0.05, 0) is 19.6 Å². The van der Waals surface area contributed by atoms with Crippen molar-refractivity contribution in [2.24, 2.45) is 0 Å². The van der Waals surface area contributed by atoms with E-state index in [4.69, 9.17) is 0 Å². The molecule has 0 spiro atoms. The first-order valence-corrected chi connectivity index (χ1v) is 9.18. The molecule has 0 saturated carbocycles. The molecule has 13 heteroatoms. The average Bonchev–Trinajstić information content (AvgIpc) is 2.12. The van der Waals surface area contributed by atoms with E-state index in [1.54, 1.807) is 0 Å². The van der Waals surface area contributed by atoms with E-state index in [1.807, 2.05) is 0 Å². The Kier molecular flexibility index (Phi) is 5.08. The topological polar surface area (TPSA) is 26.3 Å². The molecule has 2 nitrogen and oxygen atoms in total. The van der Waals surface area contributed by atoms with E-state index < -0.39 is 42.7 Å². The number of hydrogen-bond acceptors (Lipinski definition) is 2. The molecule has 0 fully saturated rings. The van der Waals surface area contributed by atoms with Gasteiger partial charge < -0.3 is 3.87 Å². The highest BCUT2D eigenvalue weighted by atomic mass is 32.2. The second kappa shape index (κ2) is 5.16. The van der Waals surface area contributed by atoms with Crippen molar-refractivity contribution in [3.05, 3.63) is 0 Å². The molecule has 122 valence electrons. The van der Waals surface area contributed by atoms with Crippen molar-refractivity contribution in [3.8, 4) is 0 Å². The first kappa shape index (κ1) is 19.7. The third-order valence-electron chi connectivity index (χ3n) is 1.65. The lowest BCUT2D eigenvalue weighted by atomic mass is 10.1. The fourth-order valence-corrected chi connectivity index (χ4v) is 3.32. The van der Waals surface area contributed by atoms with Crippen molar-refractivity contribution in [1.82, 2.24) is 0 Å². The standard InChI is InChI=1S/C7H9F9O2SSi/c1-20(2,3)18-19(17)7(15,16)5(10,11)4(8,9)6(12,13)14/h1-3H3. The molecule has 1 unspecified atom stereocenters. The van der Waals surface area contributed by atoms with Crippen LogP contribution in [0.5, 0.6) is 0 Å². The van der Waals surface area contributed by atoms with E-state index in [0.29, 0.717) is 0 Å². The lowest BCUT2D eigenvalue weighted by molar-refractivity contribution is -0.382. The average molecular weight is 356 g/mol. The molecule has 0 bridgehead atoms. The Morgan fingerprint density at radius 2 is 1.15 bits per heavy atom. The minimum atomic E-state index is -7.07. The summed E-state index contributed by atoms with van der Waals surface area (Å²) in [5, 5.41) is -6.22. The fraction of sp³-hybridized carbons (Fsp3) is 1.00. The van der Waals surface area contributed by atoms with Gasteiger partial charge in [0.05, 0.1) is 0 Å². The molecule has 0 amide bonds. The van der Waals surface area contributed by atoms with Crippen LogP contribution in [0.3, 0.4) is 0 Å². The summed E-state index contributed by atoms with van der Waals surface area (Å²) in [6.07, 6.45) is -6.94. The van der Waals surface area contributed by atoms with Crippen LogP contribution < -0.4 is 0 Å². The van der Waals surface area contributed by atoms with Crippen molar-refractivity contribution >= 4 is 19.4 Å². The quantitative estimate of drug-likeness (QED) is 0.551. The minimum Gasteiger partial charge on any atom is -0.331 e. The van der Waals surface area contributed by atoms with Gasteiger partial charge in [0, 0.05) is 0 Å². The van der Waals surface area contributed by atoms with Gasteiger partial charge in [-0.3, -0.25) is 0 Å². The molecule has 0 aliphatic carbocycles. The van der Waals surface area contributed by atoms with Gasteiger partial charge in [-0.15, -0.1) is 0 Å². The lowest BCUT2D eigenvalue weighted by Gasteiger charge is -2.33. The Balaban J connectivity index is 5.64. The van der Waals surface area contributed by atoms with Crippen LogP contribution >= 0.6 is 0 Å². The van der Waals surface area contributed by atoms with E-state index in [2.05, 4.69) is 3.87 Å². The molecule has 0 aromatic carbocycles. The first-order valence-electron chi connectivity index (χ1n) is 4.69. The molecule has 20 heavy (non-hydrogen) atoms. The van der Waals surface area contributed by atoms with Gasteiger partial charge in [-0.25, -0.2) is 4.21 Å². The molecule has 0 rings (SSSR count). The first-order chi connectivity index (χ1) is 8.38. The number of alkyl halides is 9. The smallest absolute Gasteiger partial charge is 0.331 e. The van der Waals surface area contributed by atoms with Crippen LogP contribution in [0.15, 0.2) is 0 Å². The van der Waals surface area contributed by atoms with Crippen molar-refractivity contribution in [3.63, 3.8) is 0 Å². The molecule has 0 N–H and O–H groups in total. The van der Waals surface area contributed by atoms with Crippen LogP contribution in [0.25, 0.3) is 0 Å². The second-order valence-corrected chi connectivity index (χ2v) is 10.5. The molecule has 0 aliphatic rings. The molecule has 0 aromatic rings. The molecule has 0 aliphatic heterocycles. The normalized spacial score (nSPS) is 17.2. The highest BCUT2D eigenvalue weighted by molar-refractivity contribution is 7.82. The summed E-state index contributed by atoms with van der Waals surface area (Å²) >= 11 is -4.35. The minimum absolute atomic E-state index is 1.10. The Bertz CT molecular complexity index is 387. The Hall–Kier alpha value is -0.303. The van der Waals surface area contributed by atoms with Crippen molar-refractivity contribution in [2.75, 3.05) is 0 Å². The predicted molar refractivity (Wildman–Crippen MR) is 53.5 cm³/mol. The summed E-state index contributed by atoms with van der Waals surface area (Å²) in [6.45, 7) is 3.29. The molecule has 0 heterocycles. The second-order valence-electron chi connectivity index (χ2n) is 4.59. The number of halogens is 9. The van der Waals surface area contributed by atoms with Gasteiger partial charge in [0.25, 0.3) is 0 Å². The van der Waals surface area contributed by atoms with Gasteiger partial charge in [0.1, 0.15) is 0 Å². The van der Waals surface area contributed by atoms with E-state index in [0.717, 1.165) is 19.6 Å². The molecule has 0 radical (unpaired) electrons. The van der Waals surface area contributed by atoms with Crippen LogP contribution in [-0.2, 0) is 15.0 Å². The zero-order valence-electron chi connectivity index (χ0n) is 10.1. The maximum Gasteiger partial charge on any atom is 0.460 e. The van der Waals surface area contributed by atoms with E-state index >= 15 is 0 Å². The molecule has 0 aromatic heterocycles. The van der Waals surface area contributed by atoms with Gasteiger partial charge >= 0.3 is 23.3 Å². The van der Waals surface area contributed by atoms with Gasteiger partial charge in [-0.2, -0.15) is 39.5 Å². The highest BCUT2D eigenvalue weighted by Crippen LogP contribution is 2.54. The summed E-state index contributed by atoms with van der Waals surface area (Å²) in [6, 6.07) is 0. The van der Waals surface area contributed by atoms with Gasteiger partial charge in [0.15, 0.2) is 0 Å². The third kappa shape index (κ3) is 3.47. The summed E-state index contributed by atoms with van der Waals surface area (Å²) in [5.74, 6) is -14.0. The summed E-state index contributed by atoms with van der Waals surface area (Å²) < 4.78 is 127. The van der Waals surface area contributed by atoms with Crippen LogP contribution in [-0.4, -0.2) is 35.8 Å². The fourth-order valence-electron chi connectivity index (χ4n) is 0.745. The molecular formula is C7H9F9O2SSi. The van der Waals surface area contributed by atoms with E-state index in [-0.39, 0.29) is 0 Å². The van der Waals surface area contributed by atoms with Gasteiger partial charge in [-0.1, -0.05) is 0 Å². The zero-order chi connectivity index (χ0) is 16.8. The summed E-state index contributed by atoms with van der Waals surface area (Å²) in [4.78, 5) is 0. The van der Waals surface area contributed by atoms with Crippen LogP contribution in [0.4, 0.5) is 39.5 Å². The predicted octanol–water partition coefficient (Wildman–Crippen LogP) is 3.93. The molecular weight excluding hydrogens is 347 g/mol. The number of hydrogen-bond donors (Lipinski definition) is 0. The monoisotopic (exact) mass is 356 g/mol. The van der Waals surface area contributed by atoms with Crippen molar-refractivity contribution < 1.29 is 47.6 Å². The lowest BCUT2D eigenvalue weighted by Crippen LogP contribution is -2.62. The molecule has 0 saturated heterocycles. The van der Waals surface area contributed by atoms with Crippen molar-refractivity contribution in [2.45, 2.75) is 42.9 Å².